The van der Waals surface area contributed by atoms with Crippen molar-refractivity contribution in [2.45, 2.75) is 45.3 Å². The molecule has 1 aliphatic carbocycles. The number of benzene rings is 2. The number of amidine groups is 1. The molecule has 0 heterocycles. The van der Waals surface area contributed by atoms with Crippen LogP contribution in [0.2, 0.25) is 0 Å². The third-order valence-corrected chi connectivity index (χ3v) is 4.77. The zero-order valence-corrected chi connectivity index (χ0v) is 17.2. The van der Waals surface area contributed by atoms with Crippen molar-refractivity contribution in [1.82, 2.24) is 5.32 Å². The summed E-state index contributed by atoms with van der Waals surface area (Å²) in [4.78, 5) is 15.2. The molecule has 1 fully saturated rings. The first-order chi connectivity index (χ1) is 13.9. The monoisotopic (exact) mass is 391 g/mol. The molecule has 0 radical (unpaired) electrons. The van der Waals surface area contributed by atoms with Gasteiger partial charge in [0.05, 0.1) is 0 Å². The van der Waals surface area contributed by atoms with E-state index in [0.717, 1.165) is 31.4 Å². The van der Waals surface area contributed by atoms with E-state index in [2.05, 4.69) is 10.3 Å². The van der Waals surface area contributed by atoms with Gasteiger partial charge in [0.15, 0.2) is 17.7 Å². The third-order valence-electron chi connectivity index (χ3n) is 4.77. The first-order valence-corrected chi connectivity index (χ1v) is 10.1. The molecule has 0 amide bonds. The topological polar surface area (TPSA) is 74.5 Å². The van der Waals surface area contributed by atoms with Crippen molar-refractivity contribution < 1.29 is 9.53 Å². The zero-order valence-electron chi connectivity index (χ0n) is 17.2. The van der Waals surface area contributed by atoms with E-state index in [-0.39, 0.29) is 0 Å². The molecule has 2 N–H and O–H groups in total. The van der Waals surface area contributed by atoms with Gasteiger partial charge in [0.25, 0.3) is 0 Å². The molecule has 1 saturated carbocycles. The minimum Gasteiger partial charge on any atom is -0.480 e. The molecule has 5 heteroatoms. The molecule has 29 heavy (non-hydrogen) atoms. The van der Waals surface area contributed by atoms with E-state index < -0.39 is 5.60 Å². The van der Waals surface area contributed by atoms with Gasteiger partial charge in [-0.05, 0) is 68.8 Å². The van der Waals surface area contributed by atoms with E-state index in [9.17, 15) is 4.79 Å². The Morgan fingerprint density at radius 1 is 1.14 bits per heavy atom. The average molecular weight is 392 g/mol. The lowest BCUT2D eigenvalue weighted by molar-refractivity contribution is -0.118. The number of carbonyl (C=O) groups is 1. The Kier molecular flexibility index (Phi) is 6.94. The predicted molar refractivity (Wildman–Crippen MR) is 117 cm³/mol. The van der Waals surface area contributed by atoms with Crippen molar-refractivity contribution in [1.29, 1.82) is 5.41 Å². The van der Waals surface area contributed by atoms with Crippen LogP contribution in [0.15, 0.2) is 53.5 Å². The molecule has 1 aliphatic rings. The van der Waals surface area contributed by atoms with E-state index in [0.29, 0.717) is 17.5 Å². The first kappa shape index (κ1) is 20.9. The molecule has 3 rings (SSSR count). The Morgan fingerprint density at radius 3 is 2.41 bits per heavy atom. The maximum Gasteiger partial charge on any atom is 0.162 e. The lowest BCUT2D eigenvalue weighted by Gasteiger charge is -2.19. The van der Waals surface area contributed by atoms with Gasteiger partial charge in [0.1, 0.15) is 5.75 Å². The Balaban J connectivity index is 1.39. The van der Waals surface area contributed by atoms with Gasteiger partial charge in [-0.2, -0.15) is 0 Å². The minimum absolute atomic E-state index is 0.334. The normalized spacial score (nSPS) is 14.1. The highest BCUT2D eigenvalue weighted by atomic mass is 16.5. The Hall–Kier alpha value is -2.79. The van der Waals surface area contributed by atoms with Crippen molar-refractivity contribution in [2.75, 3.05) is 6.54 Å². The molecule has 0 saturated heterocycles. The molecular formula is C24H29N3O2. The summed E-state index contributed by atoms with van der Waals surface area (Å²) in [5.41, 5.74) is 2.45. The van der Waals surface area contributed by atoms with Gasteiger partial charge in [-0.15, -0.1) is 0 Å². The number of nitrogens with one attached hydrogen (secondary N) is 2. The number of rotatable bonds is 10. The second-order valence-corrected chi connectivity index (χ2v) is 8.06. The summed E-state index contributed by atoms with van der Waals surface area (Å²) in [5, 5.41) is 11.5. The summed E-state index contributed by atoms with van der Waals surface area (Å²) < 4.78 is 5.64. The van der Waals surface area contributed by atoms with Crippen molar-refractivity contribution in [3.05, 3.63) is 65.2 Å². The number of carbonyl (C=O) groups excluding carboxylic acids is 1. The molecule has 0 aliphatic heterocycles. The quantitative estimate of drug-likeness (QED) is 0.276. The van der Waals surface area contributed by atoms with Gasteiger partial charge in [0.2, 0.25) is 0 Å². The number of nitrogens with zero attached hydrogens (tertiary/aromatic N) is 1. The van der Waals surface area contributed by atoms with Crippen LogP contribution in [0.5, 0.6) is 5.75 Å². The number of hydrogen-bond acceptors (Lipinski definition) is 4. The summed E-state index contributed by atoms with van der Waals surface area (Å²) >= 11 is 0. The van der Waals surface area contributed by atoms with Crippen LogP contribution in [-0.4, -0.2) is 30.5 Å². The van der Waals surface area contributed by atoms with Crippen LogP contribution < -0.4 is 10.1 Å². The van der Waals surface area contributed by atoms with Gasteiger partial charge in [-0.3, -0.25) is 10.2 Å². The number of aliphatic imine (C=N–C) groups is 1. The van der Waals surface area contributed by atoms with Crippen LogP contribution in [0.25, 0.3) is 0 Å². The van der Waals surface area contributed by atoms with Crippen LogP contribution >= 0.6 is 0 Å². The molecule has 0 atom stereocenters. The van der Waals surface area contributed by atoms with Gasteiger partial charge in [-0.25, -0.2) is 4.99 Å². The van der Waals surface area contributed by atoms with Gasteiger partial charge in [0, 0.05) is 18.3 Å². The molecule has 0 bridgehead atoms. The van der Waals surface area contributed by atoms with E-state index in [1.807, 2.05) is 54.7 Å². The molecule has 0 aromatic heterocycles. The second kappa shape index (κ2) is 9.61. The summed E-state index contributed by atoms with van der Waals surface area (Å²) in [6, 6.07) is 15.9. The van der Waals surface area contributed by atoms with Crippen LogP contribution in [0.3, 0.4) is 0 Å². The van der Waals surface area contributed by atoms with Crippen molar-refractivity contribution in [3.63, 3.8) is 0 Å². The van der Waals surface area contributed by atoms with Gasteiger partial charge in [-0.1, -0.05) is 36.4 Å². The third kappa shape index (κ3) is 6.95. The maximum atomic E-state index is 10.9. The Bertz CT molecular complexity index is 851. The lowest BCUT2D eigenvalue weighted by atomic mass is 10.1. The Labute approximate surface area is 172 Å². The molecular weight excluding hydrogens is 362 g/mol. The summed E-state index contributed by atoms with van der Waals surface area (Å²) in [5.74, 6) is 1.62. The minimum atomic E-state index is -0.805. The summed E-state index contributed by atoms with van der Waals surface area (Å²) in [6.45, 7) is 5.14. The molecule has 5 nitrogen and oxygen atoms in total. The highest BCUT2D eigenvalue weighted by Crippen LogP contribution is 2.26. The highest BCUT2D eigenvalue weighted by Gasteiger charge is 2.19. The molecule has 0 spiro atoms. The van der Waals surface area contributed by atoms with E-state index in [1.165, 1.54) is 24.0 Å². The fourth-order valence-corrected chi connectivity index (χ4v) is 2.80. The average Bonchev–Trinajstić information content (AvgIpc) is 3.55. The van der Waals surface area contributed by atoms with Crippen molar-refractivity contribution >= 4 is 18.3 Å². The maximum absolute atomic E-state index is 10.9. The number of aldehydes is 1. The number of ether oxygens (including phenoxy) is 1. The fraction of sp³-hybridized carbons (Fsp3) is 0.375. The van der Waals surface area contributed by atoms with E-state index in [1.54, 1.807) is 13.8 Å². The molecule has 2 aromatic rings. The van der Waals surface area contributed by atoms with Crippen molar-refractivity contribution in [2.24, 2.45) is 10.9 Å². The van der Waals surface area contributed by atoms with Crippen LogP contribution in [-0.2, 0) is 17.8 Å². The van der Waals surface area contributed by atoms with E-state index >= 15 is 0 Å². The molecule has 152 valence electrons. The summed E-state index contributed by atoms with van der Waals surface area (Å²) in [7, 11) is 0. The second-order valence-electron chi connectivity index (χ2n) is 8.06. The van der Waals surface area contributed by atoms with Crippen LogP contribution in [0.1, 0.15) is 43.4 Å². The summed E-state index contributed by atoms with van der Waals surface area (Å²) in [6.07, 6.45) is 6.03. The largest absolute Gasteiger partial charge is 0.480 e. The fourth-order valence-electron chi connectivity index (χ4n) is 2.80. The Morgan fingerprint density at radius 2 is 1.79 bits per heavy atom. The van der Waals surface area contributed by atoms with E-state index in [4.69, 9.17) is 10.1 Å². The van der Waals surface area contributed by atoms with Crippen molar-refractivity contribution in [3.8, 4) is 5.75 Å². The standard InChI is InChI=1S/C24H29N3O2/c1-24(2,17-28)29-22-11-7-18(8-12-22)13-14-26-15-19-5-9-21(10-6-19)23(25)27-16-20-3-4-20/h5-12,16-17,20,25-26H,3-4,13-15H2,1-2H3. The molecule has 2 aromatic carbocycles. The van der Waals surface area contributed by atoms with Gasteiger partial charge < -0.3 is 10.1 Å². The number of hydrogen-bond donors (Lipinski definition) is 2. The zero-order chi connectivity index (χ0) is 20.7. The van der Waals surface area contributed by atoms with Crippen LogP contribution in [0.4, 0.5) is 0 Å². The molecule has 0 unspecified atom stereocenters. The highest BCUT2D eigenvalue weighted by molar-refractivity contribution is 6.01. The van der Waals surface area contributed by atoms with Crippen LogP contribution in [0, 0.1) is 11.3 Å². The predicted octanol–water partition coefficient (Wildman–Crippen LogP) is 4.18. The smallest absolute Gasteiger partial charge is 0.162 e. The lowest BCUT2D eigenvalue weighted by Crippen LogP contribution is -2.29. The SMILES string of the molecule is CC(C)(C=O)Oc1ccc(CCNCc2ccc(C(=N)N=CC3CC3)cc2)cc1. The van der Waals surface area contributed by atoms with Gasteiger partial charge >= 0.3 is 0 Å². The first-order valence-electron chi connectivity index (χ1n) is 10.1.